The van der Waals surface area contributed by atoms with Crippen molar-refractivity contribution in [3.63, 3.8) is 0 Å². The molecule has 0 bridgehead atoms. The Morgan fingerprint density at radius 2 is 1.39 bits per heavy atom. The molecule has 2 aliphatic rings. The number of nitrogens with one attached hydrogen (secondary N) is 1. The second-order valence-corrected chi connectivity index (χ2v) is 15.6. The lowest BCUT2D eigenvalue weighted by atomic mass is 9.95. The Hall–Kier alpha value is -5.29. The Morgan fingerprint density at radius 3 is 2.00 bits per heavy atom. The van der Waals surface area contributed by atoms with E-state index in [1.165, 1.54) is 12.1 Å². The molecule has 1 amide bonds. The van der Waals surface area contributed by atoms with Crippen LogP contribution in [0.1, 0.15) is 59.9 Å². The molecule has 5 rings (SSSR count). The standard InChI is InChI=1S/C45H56F3N5O8/c1-32-33(12-9-13-37(32)34-10-3-2-4-11-34)15-16-35-27-40(36(26-38(35)45(46,47)48)28-53-18-7-5-14-39(53)44(59)60)61-25-8-6-17-49-41(54)29-50-19-21-51(30-42(55)56)23-24-52(22-20-50)31-43(57)58/h2-4,9-13,15-16,26-27,39H,5-8,14,17-25,28-31H2,1H3,(H,49,54)(H,55,56)(H,57,58)(H,59,60)/b16-15+/t39-/m0/s1. The summed E-state index contributed by atoms with van der Waals surface area (Å²) in [6, 6.07) is 17.0. The van der Waals surface area contributed by atoms with E-state index in [-0.39, 0.29) is 55.6 Å². The van der Waals surface area contributed by atoms with E-state index >= 15 is 0 Å². The number of carboxylic acid groups (broad SMARTS) is 3. The van der Waals surface area contributed by atoms with Gasteiger partial charge in [-0.3, -0.25) is 38.8 Å². The lowest BCUT2D eigenvalue weighted by Gasteiger charge is -2.33. The van der Waals surface area contributed by atoms with Crippen LogP contribution in [0.25, 0.3) is 23.3 Å². The van der Waals surface area contributed by atoms with Crippen LogP contribution in [0.3, 0.4) is 0 Å². The molecule has 0 spiro atoms. The topological polar surface area (TPSA) is 163 Å². The molecule has 0 unspecified atom stereocenters. The van der Waals surface area contributed by atoms with Gasteiger partial charge in [-0.15, -0.1) is 0 Å². The second kappa shape index (κ2) is 22.5. The van der Waals surface area contributed by atoms with Crippen LogP contribution in [0.2, 0.25) is 0 Å². The van der Waals surface area contributed by atoms with Crippen molar-refractivity contribution in [1.29, 1.82) is 0 Å². The normalized spacial score (nSPS) is 17.7. The Bertz CT molecular complexity index is 1970. The minimum absolute atomic E-state index is 0.0352. The number of carboxylic acids is 3. The predicted molar refractivity (Wildman–Crippen MR) is 225 cm³/mol. The monoisotopic (exact) mass is 851 g/mol. The van der Waals surface area contributed by atoms with Gasteiger partial charge in [-0.1, -0.05) is 67.1 Å². The summed E-state index contributed by atoms with van der Waals surface area (Å²) >= 11 is 0. The van der Waals surface area contributed by atoms with E-state index in [0.29, 0.717) is 78.0 Å². The highest BCUT2D eigenvalue weighted by Crippen LogP contribution is 2.38. The molecule has 2 heterocycles. The number of nitrogens with zero attached hydrogens (tertiary/aromatic N) is 4. The first-order valence-electron chi connectivity index (χ1n) is 20.7. The first-order valence-corrected chi connectivity index (χ1v) is 20.7. The SMILES string of the molecule is Cc1c(/C=C/c2cc(OCCCCNC(=O)CN3CCN(CC(=O)O)CCN(CC(=O)O)CC3)c(CN3CCCC[C@H]3C(=O)O)cc2C(F)(F)F)cccc1-c1ccccc1. The molecular formula is C45H56F3N5O8. The average Bonchev–Trinajstić information content (AvgIpc) is 3.29. The molecule has 3 aromatic carbocycles. The number of piperidine rings is 1. The number of ether oxygens (including phenoxy) is 1. The number of alkyl halides is 3. The van der Waals surface area contributed by atoms with Gasteiger partial charge in [0.15, 0.2) is 0 Å². The molecule has 2 fully saturated rings. The highest BCUT2D eigenvalue weighted by Gasteiger charge is 2.35. The van der Waals surface area contributed by atoms with E-state index in [1.54, 1.807) is 20.8 Å². The fraction of sp³-hybridized carbons (Fsp3) is 0.467. The maximum atomic E-state index is 14.8. The van der Waals surface area contributed by atoms with Gasteiger partial charge in [0.1, 0.15) is 11.8 Å². The first kappa shape index (κ1) is 46.8. The molecular weight excluding hydrogens is 796 g/mol. The lowest BCUT2D eigenvalue weighted by molar-refractivity contribution is -0.145. The van der Waals surface area contributed by atoms with Crippen molar-refractivity contribution < 1.29 is 52.4 Å². The highest BCUT2D eigenvalue weighted by molar-refractivity contribution is 5.79. The maximum absolute atomic E-state index is 14.8. The quantitative estimate of drug-likeness (QED) is 0.0921. The van der Waals surface area contributed by atoms with Gasteiger partial charge in [-0.2, -0.15) is 13.2 Å². The van der Waals surface area contributed by atoms with Crippen molar-refractivity contribution in [2.45, 2.75) is 57.8 Å². The van der Waals surface area contributed by atoms with Gasteiger partial charge in [-0.25, -0.2) is 0 Å². The van der Waals surface area contributed by atoms with E-state index in [0.717, 1.165) is 34.7 Å². The van der Waals surface area contributed by atoms with E-state index in [4.69, 9.17) is 4.74 Å². The Labute approximate surface area is 354 Å². The number of carbonyl (C=O) groups excluding carboxylic acids is 1. The number of unbranched alkanes of at least 4 members (excludes halogenated alkanes) is 1. The van der Waals surface area contributed by atoms with Gasteiger partial charge in [0.2, 0.25) is 5.91 Å². The molecule has 0 radical (unpaired) electrons. The molecule has 330 valence electrons. The van der Waals surface area contributed by atoms with Gasteiger partial charge in [0, 0.05) is 57.9 Å². The summed E-state index contributed by atoms with van der Waals surface area (Å²) in [5.41, 5.74) is 2.91. The summed E-state index contributed by atoms with van der Waals surface area (Å²) in [7, 11) is 0. The number of rotatable bonds is 18. The molecule has 2 saturated heterocycles. The summed E-state index contributed by atoms with van der Waals surface area (Å²) in [5.74, 6) is -3.03. The number of carbonyl (C=O) groups is 4. The summed E-state index contributed by atoms with van der Waals surface area (Å²) < 4.78 is 50.4. The van der Waals surface area contributed by atoms with Crippen LogP contribution in [0.5, 0.6) is 5.75 Å². The van der Waals surface area contributed by atoms with Crippen molar-refractivity contribution in [3.8, 4) is 16.9 Å². The third kappa shape index (κ3) is 14.4. The highest BCUT2D eigenvalue weighted by atomic mass is 19.4. The van der Waals surface area contributed by atoms with Gasteiger partial charge in [0.05, 0.1) is 31.8 Å². The number of aliphatic carboxylic acids is 3. The Kier molecular flexibility index (Phi) is 17.3. The molecule has 4 N–H and O–H groups in total. The van der Waals surface area contributed by atoms with Crippen LogP contribution in [-0.4, -0.2) is 143 Å². The van der Waals surface area contributed by atoms with Crippen molar-refractivity contribution >= 4 is 36.0 Å². The maximum Gasteiger partial charge on any atom is 0.417 e. The summed E-state index contributed by atoms with van der Waals surface area (Å²) in [6.07, 6.45) is 1.19. The van der Waals surface area contributed by atoms with Crippen molar-refractivity contribution in [2.24, 2.45) is 0 Å². The van der Waals surface area contributed by atoms with Crippen LogP contribution in [0.15, 0.2) is 60.7 Å². The van der Waals surface area contributed by atoms with Crippen LogP contribution >= 0.6 is 0 Å². The van der Waals surface area contributed by atoms with Crippen LogP contribution in [-0.2, 0) is 31.9 Å². The third-order valence-corrected chi connectivity index (χ3v) is 11.1. The van der Waals surface area contributed by atoms with Gasteiger partial charge < -0.3 is 25.4 Å². The zero-order chi connectivity index (χ0) is 43.9. The number of hydrogen-bond donors (Lipinski definition) is 4. The Balaban J connectivity index is 1.27. The average molecular weight is 852 g/mol. The number of amides is 1. The molecule has 0 aliphatic carbocycles. The molecule has 0 saturated carbocycles. The fourth-order valence-electron chi connectivity index (χ4n) is 7.84. The van der Waals surface area contributed by atoms with Crippen molar-refractivity contribution in [3.05, 3.63) is 88.5 Å². The molecule has 3 aromatic rings. The van der Waals surface area contributed by atoms with E-state index in [2.05, 4.69) is 5.32 Å². The number of likely N-dealkylation sites (tertiary alicyclic amines) is 1. The van der Waals surface area contributed by atoms with E-state index < -0.39 is 35.7 Å². The smallest absolute Gasteiger partial charge is 0.417 e. The van der Waals surface area contributed by atoms with Crippen molar-refractivity contribution in [1.82, 2.24) is 24.9 Å². The van der Waals surface area contributed by atoms with Crippen molar-refractivity contribution in [2.75, 3.05) is 78.6 Å². The fourth-order valence-corrected chi connectivity index (χ4v) is 7.84. The van der Waals surface area contributed by atoms with Crippen LogP contribution < -0.4 is 10.1 Å². The summed E-state index contributed by atoms with van der Waals surface area (Å²) in [6.45, 7) is 4.81. The molecule has 13 nitrogen and oxygen atoms in total. The predicted octanol–water partition coefficient (Wildman–Crippen LogP) is 5.65. The van der Waals surface area contributed by atoms with E-state index in [1.807, 2.05) is 60.4 Å². The molecule has 0 aromatic heterocycles. The van der Waals surface area contributed by atoms with Gasteiger partial charge in [0.25, 0.3) is 0 Å². The molecule has 16 heteroatoms. The zero-order valence-corrected chi connectivity index (χ0v) is 34.5. The number of hydrogen-bond acceptors (Lipinski definition) is 9. The van der Waals surface area contributed by atoms with Crippen LogP contribution in [0, 0.1) is 6.92 Å². The zero-order valence-electron chi connectivity index (χ0n) is 34.5. The number of halogens is 3. The minimum Gasteiger partial charge on any atom is -0.493 e. The van der Waals surface area contributed by atoms with E-state index in [9.17, 15) is 47.7 Å². The molecule has 2 aliphatic heterocycles. The molecule has 61 heavy (non-hydrogen) atoms. The van der Waals surface area contributed by atoms with Crippen LogP contribution in [0.4, 0.5) is 13.2 Å². The second-order valence-electron chi connectivity index (χ2n) is 15.6. The Morgan fingerprint density at radius 1 is 0.770 bits per heavy atom. The minimum atomic E-state index is -4.71. The first-order chi connectivity index (χ1) is 29.2. The number of benzene rings is 3. The molecule has 1 atom stereocenters. The summed E-state index contributed by atoms with van der Waals surface area (Å²) in [4.78, 5) is 54.8. The van der Waals surface area contributed by atoms with Gasteiger partial charge in [-0.05, 0) is 79.1 Å². The third-order valence-electron chi connectivity index (χ3n) is 11.1. The largest absolute Gasteiger partial charge is 0.493 e. The summed E-state index contributed by atoms with van der Waals surface area (Å²) in [5, 5.41) is 31.4. The van der Waals surface area contributed by atoms with Gasteiger partial charge >= 0.3 is 24.1 Å². The lowest BCUT2D eigenvalue weighted by Crippen LogP contribution is -2.44.